The summed E-state index contributed by atoms with van der Waals surface area (Å²) in [5.41, 5.74) is 3.89. The lowest BCUT2D eigenvalue weighted by Gasteiger charge is -2.13. The summed E-state index contributed by atoms with van der Waals surface area (Å²) in [6.45, 7) is 7.02. The van der Waals surface area contributed by atoms with Crippen LogP contribution in [0, 0.1) is 6.92 Å². The van der Waals surface area contributed by atoms with Gasteiger partial charge in [-0.25, -0.2) is 0 Å². The zero-order valence-corrected chi connectivity index (χ0v) is 14.4. The van der Waals surface area contributed by atoms with E-state index in [0.29, 0.717) is 18.7 Å². The summed E-state index contributed by atoms with van der Waals surface area (Å²) in [6.07, 6.45) is 1.08. The molecule has 1 atom stereocenters. The lowest BCUT2D eigenvalue weighted by atomic mass is 10.1. The Hall–Kier alpha value is -2.49. The first kappa shape index (κ1) is 16.4. The minimum atomic E-state index is -0.0905. The van der Waals surface area contributed by atoms with Gasteiger partial charge in [-0.3, -0.25) is 4.79 Å². The molecule has 2 aromatic rings. The lowest BCUT2D eigenvalue weighted by molar-refractivity contribution is 0.0950. The summed E-state index contributed by atoms with van der Waals surface area (Å²) < 4.78 is 11.6. The predicted molar refractivity (Wildman–Crippen MR) is 93.8 cm³/mol. The van der Waals surface area contributed by atoms with Crippen LogP contribution in [0.4, 0.5) is 0 Å². The fourth-order valence-electron chi connectivity index (χ4n) is 2.89. The van der Waals surface area contributed by atoms with E-state index in [1.54, 1.807) is 0 Å². The maximum atomic E-state index is 12.3. The van der Waals surface area contributed by atoms with E-state index in [2.05, 4.69) is 12.2 Å². The van der Waals surface area contributed by atoms with Crippen LogP contribution in [0.5, 0.6) is 11.5 Å². The number of aryl methyl sites for hydroxylation is 1. The summed E-state index contributed by atoms with van der Waals surface area (Å²) >= 11 is 0. The van der Waals surface area contributed by atoms with E-state index in [0.717, 1.165) is 29.0 Å². The molecule has 0 spiro atoms. The molecule has 1 amide bonds. The van der Waals surface area contributed by atoms with Crippen LogP contribution >= 0.6 is 0 Å². The van der Waals surface area contributed by atoms with Crippen molar-refractivity contribution in [2.75, 3.05) is 6.61 Å². The molecule has 0 aromatic heterocycles. The minimum Gasteiger partial charge on any atom is -0.494 e. The van der Waals surface area contributed by atoms with Crippen LogP contribution in [0.3, 0.4) is 0 Å². The van der Waals surface area contributed by atoms with Gasteiger partial charge in [0.25, 0.3) is 5.91 Å². The number of nitrogens with one attached hydrogen (secondary N) is 1. The molecule has 0 bridgehead atoms. The SMILES string of the molecule is CCOc1cc2c(cc1CNC(=O)c1ccc(C)cc1)O[C@@H](C)C2. The highest BCUT2D eigenvalue weighted by atomic mass is 16.5. The van der Waals surface area contributed by atoms with Gasteiger partial charge < -0.3 is 14.8 Å². The third kappa shape index (κ3) is 3.53. The fourth-order valence-corrected chi connectivity index (χ4v) is 2.89. The molecule has 126 valence electrons. The first-order valence-electron chi connectivity index (χ1n) is 8.37. The number of carbonyl (C=O) groups excluding carboxylic acids is 1. The van der Waals surface area contributed by atoms with Crippen molar-refractivity contribution in [1.82, 2.24) is 5.32 Å². The topological polar surface area (TPSA) is 47.6 Å². The number of amides is 1. The number of carbonyl (C=O) groups is 1. The first-order chi connectivity index (χ1) is 11.6. The molecule has 0 unspecified atom stereocenters. The number of benzene rings is 2. The highest BCUT2D eigenvalue weighted by molar-refractivity contribution is 5.94. The van der Waals surface area contributed by atoms with Gasteiger partial charge in [-0.2, -0.15) is 0 Å². The third-order valence-electron chi connectivity index (χ3n) is 4.13. The molecule has 1 N–H and O–H groups in total. The third-order valence-corrected chi connectivity index (χ3v) is 4.13. The highest BCUT2D eigenvalue weighted by Gasteiger charge is 2.22. The van der Waals surface area contributed by atoms with Gasteiger partial charge in [0.2, 0.25) is 0 Å². The van der Waals surface area contributed by atoms with Crippen molar-refractivity contribution in [2.45, 2.75) is 39.8 Å². The summed E-state index contributed by atoms with van der Waals surface area (Å²) in [4.78, 5) is 12.3. The van der Waals surface area contributed by atoms with Gasteiger partial charge in [0.1, 0.15) is 17.6 Å². The zero-order valence-electron chi connectivity index (χ0n) is 14.4. The highest BCUT2D eigenvalue weighted by Crippen LogP contribution is 2.35. The van der Waals surface area contributed by atoms with E-state index in [4.69, 9.17) is 9.47 Å². The Morgan fingerprint density at radius 1 is 1.29 bits per heavy atom. The second kappa shape index (κ2) is 6.95. The average molecular weight is 325 g/mol. The van der Waals surface area contributed by atoms with Crippen LogP contribution < -0.4 is 14.8 Å². The van der Waals surface area contributed by atoms with Crippen LogP contribution in [-0.2, 0) is 13.0 Å². The number of fused-ring (bicyclic) bond motifs is 1. The maximum absolute atomic E-state index is 12.3. The van der Waals surface area contributed by atoms with Gasteiger partial charge in [-0.1, -0.05) is 17.7 Å². The summed E-state index contributed by atoms with van der Waals surface area (Å²) in [5.74, 6) is 1.62. The van der Waals surface area contributed by atoms with Gasteiger partial charge >= 0.3 is 0 Å². The molecule has 4 heteroatoms. The largest absolute Gasteiger partial charge is 0.494 e. The second-order valence-corrected chi connectivity index (χ2v) is 6.18. The Balaban J connectivity index is 1.75. The molecule has 1 aliphatic heterocycles. The molecular formula is C20H23NO3. The minimum absolute atomic E-state index is 0.0905. The van der Waals surface area contributed by atoms with Crippen LogP contribution in [-0.4, -0.2) is 18.6 Å². The van der Waals surface area contributed by atoms with Crippen molar-refractivity contribution < 1.29 is 14.3 Å². The molecular weight excluding hydrogens is 302 g/mol. The van der Waals surface area contributed by atoms with Crippen LogP contribution in [0.2, 0.25) is 0 Å². The average Bonchev–Trinajstić information content (AvgIpc) is 2.92. The summed E-state index contributed by atoms with van der Waals surface area (Å²) in [7, 11) is 0. The van der Waals surface area contributed by atoms with Crippen molar-refractivity contribution in [3.05, 3.63) is 58.7 Å². The molecule has 4 nitrogen and oxygen atoms in total. The fraction of sp³-hybridized carbons (Fsp3) is 0.350. The molecule has 0 radical (unpaired) electrons. The quantitative estimate of drug-likeness (QED) is 0.913. The molecule has 0 fully saturated rings. The molecule has 2 aromatic carbocycles. The molecule has 0 saturated heterocycles. The van der Waals surface area contributed by atoms with Crippen molar-refractivity contribution in [2.24, 2.45) is 0 Å². The smallest absolute Gasteiger partial charge is 0.251 e. The van der Waals surface area contributed by atoms with Gasteiger partial charge in [-0.05, 0) is 45.0 Å². The Labute approximate surface area is 142 Å². The van der Waals surface area contributed by atoms with Gasteiger partial charge in [0, 0.05) is 29.7 Å². The van der Waals surface area contributed by atoms with E-state index in [9.17, 15) is 4.79 Å². The molecule has 1 heterocycles. The van der Waals surface area contributed by atoms with Crippen LogP contribution in [0.15, 0.2) is 36.4 Å². The number of ether oxygens (including phenoxy) is 2. The number of hydrogen-bond acceptors (Lipinski definition) is 3. The van der Waals surface area contributed by atoms with Crippen molar-refractivity contribution in [3.63, 3.8) is 0 Å². The normalized spacial score (nSPS) is 15.5. The Morgan fingerprint density at radius 2 is 2.04 bits per heavy atom. The summed E-state index contributed by atoms with van der Waals surface area (Å²) in [5, 5.41) is 2.96. The van der Waals surface area contributed by atoms with Gasteiger partial charge in [-0.15, -0.1) is 0 Å². The molecule has 24 heavy (non-hydrogen) atoms. The van der Waals surface area contributed by atoms with Gasteiger partial charge in [0.05, 0.1) is 6.61 Å². The van der Waals surface area contributed by atoms with E-state index in [1.807, 2.05) is 50.2 Å². The van der Waals surface area contributed by atoms with Crippen molar-refractivity contribution in [3.8, 4) is 11.5 Å². The summed E-state index contributed by atoms with van der Waals surface area (Å²) in [6, 6.07) is 11.6. The van der Waals surface area contributed by atoms with Crippen molar-refractivity contribution in [1.29, 1.82) is 0 Å². The predicted octanol–water partition coefficient (Wildman–Crippen LogP) is 3.65. The first-order valence-corrected chi connectivity index (χ1v) is 8.37. The Kier molecular flexibility index (Phi) is 4.74. The number of hydrogen-bond donors (Lipinski definition) is 1. The monoisotopic (exact) mass is 325 g/mol. The molecule has 0 aliphatic carbocycles. The second-order valence-electron chi connectivity index (χ2n) is 6.18. The molecule has 1 aliphatic rings. The van der Waals surface area contributed by atoms with Gasteiger partial charge in [0.15, 0.2) is 0 Å². The van der Waals surface area contributed by atoms with E-state index >= 15 is 0 Å². The van der Waals surface area contributed by atoms with E-state index < -0.39 is 0 Å². The lowest BCUT2D eigenvalue weighted by Crippen LogP contribution is -2.23. The van der Waals surface area contributed by atoms with E-state index in [1.165, 1.54) is 5.56 Å². The molecule has 3 rings (SSSR count). The Bertz CT molecular complexity index is 737. The van der Waals surface area contributed by atoms with E-state index in [-0.39, 0.29) is 12.0 Å². The number of rotatable bonds is 5. The Morgan fingerprint density at radius 3 is 2.75 bits per heavy atom. The van der Waals surface area contributed by atoms with Crippen molar-refractivity contribution >= 4 is 5.91 Å². The zero-order chi connectivity index (χ0) is 17.1. The molecule has 0 saturated carbocycles. The van der Waals surface area contributed by atoms with Crippen LogP contribution in [0.25, 0.3) is 0 Å². The standard InChI is InChI=1S/C20H23NO3/c1-4-23-18-10-16-9-14(3)24-19(16)11-17(18)12-21-20(22)15-7-5-13(2)6-8-15/h5-8,10-11,14H,4,9,12H2,1-3H3,(H,21,22)/t14-/m0/s1. The maximum Gasteiger partial charge on any atom is 0.251 e. The van der Waals surface area contributed by atoms with Crippen LogP contribution in [0.1, 0.15) is 40.9 Å².